The van der Waals surface area contributed by atoms with Crippen LogP contribution >= 0.6 is 0 Å². The average molecular weight is 207 g/mol. The third-order valence-corrected chi connectivity index (χ3v) is 3.48. The van der Waals surface area contributed by atoms with E-state index in [0.29, 0.717) is 6.04 Å². The first-order chi connectivity index (χ1) is 7.13. The molecule has 0 aliphatic heterocycles. The molecule has 0 aromatic carbocycles. The number of aryl methyl sites for hydroxylation is 1. The fraction of sp³-hybridized carbons (Fsp3) is 0.750. The van der Waals surface area contributed by atoms with Gasteiger partial charge in [0.25, 0.3) is 0 Å². The van der Waals surface area contributed by atoms with E-state index in [0.717, 1.165) is 24.6 Å². The van der Waals surface area contributed by atoms with Gasteiger partial charge in [0.1, 0.15) is 5.82 Å². The monoisotopic (exact) mass is 207 g/mol. The quantitative estimate of drug-likeness (QED) is 0.810. The van der Waals surface area contributed by atoms with E-state index in [2.05, 4.69) is 25.9 Å². The molecule has 1 aliphatic carbocycles. The van der Waals surface area contributed by atoms with Crippen LogP contribution < -0.4 is 5.73 Å². The van der Waals surface area contributed by atoms with Gasteiger partial charge in [0.05, 0.1) is 5.69 Å². The summed E-state index contributed by atoms with van der Waals surface area (Å²) >= 11 is 0. The van der Waals surface area contributed by atoms with E-state index in [4.69, 9.17) is 5.73 Å². The molecule has 1 aromatic rings. The summed E-state index contributed by atoms with van der Waals surface area (Å²) in [4.78, 5) is 0. The zero-order valence-corrected chi connectivity index (χ0v) is 9.95. The summed E-state index contributed by atoms with van der Waals surface area (Å²) in [7, 11) is 0. The maximum Gasteiger partial charge on any atom is 0.125 e. The molecule has 1 unspecified atom stereocenters. The second-order valence-corrected chi connectivity index (χ2v) is 4.87. The molecule has 0 radical (unpaired) electrons. The lowest BCUT2D eigenvalue weighted by Gasteiger charge is -2.19. The van der Waals surface area contributed by atoms with E-state index < -0.39 is 0 Å². The molecule has 0 amide bonds. The third kappa shape index (κ3) is 1.75. The van der Waals surface area contributed by atoms with Crippen LogP contribution in [0.4, 0.5) is 5.82 Å². The fourth-order valence-electron chi connectivity index (χ4n) is 2.43. The minimum Gasteiger partial charge on any atom is -0.384 e. The van der Waals surface area contributed by atoms with Gasteiger partial charge >= 0.3 is 0 Å². The molecule has 15 heavy (non-hydrogen) atoms. The maximum absolute atomic E-state index is 6.14. The Bertz CT molecular complexity index is 352. The molecule has 1 aliphatic rings. The topological polar surface area (TPSA) is 43.8 Å². The third-order valence-electron chi connectivity index (χ3n) is 3.48. The van der Waals surface area contributed by atoms with E-state index in [-0.39, 0.29) is 0 Å². The SMILES string of the molecule is CCC1CCc2nn(C(C)C)c(N)c2C1. The molecule has 1 aromatic heterocycles. The Morgan fingerprint density at radius 1 is 1.53 bits per heavy atom. The molecule has 1 atom stereocenters. The van der Waals surface area contributed by atoms with E-state index in [1.54, 1.807) is 0 Å². The van der Waals surface area contributed by atoms with Crippen LogP contribution in [0.1, 0.15) is 50.9 Å². The van der Waals surface area contributed by atoms with Crippen molar-refractivity contribution >= 4 is 5.82 Å². The van der Waals surface area contributed by atoms with Crippen molar-refractivity contribution in [1.29, 1.82) is 0 Å². The lowest BCUT2D eigenvalue weighted by Crippen LogP contribution is -2.13. The van der Waals surface area contributed by atoms with Crippen molar-refractivity contribution in [3.8, 4) is 0 Å². The molecule has 1 heterocycles. The van der Waals surface area contributed by atoms with Crippen LogP contribution in [-0.2, 0) is 12.8 Å². The zero-order valence-electron chi connectivity index (χ0n) is 9.95. The van der Waals surface area contributed by atoms with Crippen LogP contribution in [0.2, 0.25) is 0 Å². The maximum atomic E-state index is 6.14. The highest BCUT2D eigenvalue weighted by Crippen LogP contribution is 2.31. The van der Waals surface area contributed by atoms with Gasteiger partial charge < -0.3 is 5.73 Å². The molecular weight excluding hydrogens is 186 g/mol. The van der Waals surface area contributed by atoms with Crippen molar-refractivity contribution in [1.82, 2.24) is 9.78 Å². The Morgan fingerprint density at radius 2 is 2.27 bits per heavy atom. The second-order valence-electron chi connectivity index (χ2n) is 4.87. The number of aromatic nitrogens is 2. The van der Waals surface area contributed by atoms with Crippen LogP contribution in [0.25, 0.3) is 0 Å². The van der Waals surface area contributed by atoms with Gasteiger partial charge in [0.2, 0.25) is 0 Å². The minimum absolute atomic E-state index is 0.371. The van der Waals surface area contributed by atoms with Gasteiger partial charge in [-0.25, -0.2) is 4.68 Å². The number of nitrogens with zero attached hydrogens (tertiary/aromatic N) is 2. The summed E-state index contributed by atoms with van der Waals surface area (Å²) in [5, 5.41) is 4.61. The van der Waals surface area contributed by atoms with E-state index in [9.17, 15) is 0 Å². The molecule has 3 nitrogen and oxygen atoms in total. The van der Waals surface area contributed by atoms with Crippen LogP contribution in [0, 0.1) is 5.92 Å². The Hall–Kier alpha value is -0.990. The van der Waals surface area contributed by atoms with E-state index >= 15 is 0 Å². The summed E-state index contributed by atoms with van der Waals surface area (Å²) in [6.45, 7) is 6.52. The fourth-order valence-corrected chi connectivity index (χ4v) is 2.43. The number of nitrogen functional groups attached to an aromatic ring is 1. The molecule has 2 rings (SSSR count). The number of hydrogen-bond acceptors (Lipinski definition) is 2. The molecule has 0 saturated heterocycles. The highest BCUT2D eigenvalue weighted by atomic mass is 15.3. The minimum atomic E-state index is 0.371. The van der Waals surface area contributed by atoms with Gasteiger partial charge in [-0.1, -0.05) is 13.3 Å². The molecule has 0 fully saturated rings. The smallest absolute Gasteiger partial charge is 0.125 e. The number of rotatable bonds is 2. The largest absolute Gasteiger partial charge is 0.384 e. The summed E-state index contributed by atoms with van der Waals surface area (Å²) in [5.41, 5.74) is 8.71. The van der Waals surface area contributed by atoms with Crippen molar-refractivity contribution < 1.29 is 0 Å². The molecule has 0 bridgehead atoms. The van der Waals surface area contributed by atoms with Crippen molar-refractivity contribution in [3.63, 3.8) is 0 Å². The predicted molar refractivity (Wildman–Crippen MR) is 62.8 cm³/mol. The standard InChI is InChI=1S/C12H21N3/c1-4-9-5-6-11-10(7-9)12(13)15(14-11)8(2)3/h8-9H,4-7,13H2,1-3H3. The first kappa shape index (κ1) is 10.5. The summed E-state index contributed by atoms with van der Waals surface area (Å²) in [5.74, 6) is 1.71. The molecular formula is C12H21N3. The van der Waals surface area contributed by atoms with Crippen molar-refractivity contribution in [3.05, 3.63) is 11.3 Å². The second kappa shape index (κ2) is 3.87. The Labute approximate surface area is 91.7 Å². The highest BCUT2D eigenvalue weighted by molar-refractivity contribution is 5.45. The van der Waals surface area contributed by atoms with Gasteiger partial charge in [0, 0.05) is 11.6 Å². The van der Waals surface area contributed by atoms with Crippen LogP contribution in [0.3, 0.4) is 0 Å². The number of hydrogen-bond donors (Lipinski definition) is 1. The predicted octanol–water partition coefficient (Wildman–Crippen LogP) is 2.56. The first-order valence-electron chi connectivity index (χ1n) is 5.99. The Balaban J connectivity index is 2.33. The number of fused-ring (bicyclic) bond motifs is 1. The first-order valence-corrected chi connectivity index (χ1v) is 5.99. The molecule has 0 saturated carbocycles. The number of nitrogens with two attached hydrogens (primary N) is 1. The zero-order chi connectivity index (χ0) is 11.0. The molecule has 84 valence electrons. The lowest BCUT2D eigenvalue weighted by atomic mass is 9.86. The van der Waals surface area contributed by atoms with Crippen LogP contribution in [0.5, 0.6) is 0 Å². The summed E-state index contributed by atoms with van der Waals surface area (Å²) in [6, 6.07) is 0.371. The summed E-state index contributed by atoms with van der Waals surface area (Å²) < 4.78 is 1.97. The van der Waals surface area contributed by atoms with E-state index in [1.807, 2.05) is 4.68 Å². The van der Waals surface area contributed by atoms with E-state index in [1.165, 1.54) is 24.1 Å². The van der Waals surface area contributed by atoms with Crippen molar-refractivity contribution in [2.24, 2.45) is 5.92 Å². The molecule has 0 spiro atoms. The van der Waals surface area contributed by atoms with Crippen molar-refractivity contribution in [2.75, 3.05) is 5.73 Å². The molecule has 3 heteroatoms. The highest BCUT2D eigenvalue weighted by Gasteiger charge is 2.24. The normalized spacial score (nSPS) is 20.7. The van der Waals surface area contributed by atoms with Gasteiger partial charge in [-0.15, -0.1) is 0 Å². The summed E-state index contributed by atoms with van der Waals surface area (Å²) in [6.07, 6.45) is 4.77. The van der Waals surface area contributed by atoms with Crippen LogP contribution in [-0.4, -0.2) is 9.78 Å². The Kier molecular flexibility index (Phi) is 2.72. The molecule has 2 N–H and O–H groups in total. The Morgan fingerprint density at radius 3 is 2.87 bits per heavy atom. The van der Waals surface area contributed by atoms with Gasteiger partial charge in [-0.2, -0.15) is 5.10 Å². The van der Waals surface area contributed by atoms with Crippen LogP contribution in [0.15, 0.2) is 0 Å². The van der Waals surface area contributed by atoms with Gasteiger partial charge in [0.15, 0.2) is 0 Å². The van der Waals surface area contributed by atoms with Crippen molar-refractivity contribution in [2.45, 2.75) is 52.5 Å². The number of anilines is 1. The van der Waals surface area contributed by atoms with Gasteiger partial charge in [-0.05, 0) is 39.0 Å². The van der Waals surface area contributed by atoms with Gasteiger partial charge in [-0.3, -0.25) is 0 Å². The average Bonchev–Trinajstić information content (AvgIpc) is 2.56. The lowest BCUT2D eigenvalue weighted by molar-refractivity contribution is 0.441.